The molecule has 26 heavy (non-hydrogen) atoms. The van der Waals surface area contributed by atoms with Crippen molar-refractivity contribution < 1.29 is 13.2 Å². The molecule has 0 aliphatic carbocycles. The van der Waals surface area contributed by atoms with Gasteiger partial charge in [0.15, 0.2) is 9.84 Å². The van der Waals surface area contributed by atoms with Gasteiger partial charge >= 0.3 is 0 Å². The molecule has 0 bridgehead atoms. The minimum atomic E-state index is -2.96. The number of benzene rings is 1. The van der Waals surface area contributed by atoms with Gasteiger partial charge in [0.1, 0.15) is 5.69 Å². The number of aromatic nitrogens is 1. The third kappa shape index (κ3) is 4.22. The summed E-state index contributed by atoms with van der Waals surface area (Å²) in [5.41, 5.74) is 3.96. The van der Waals surface area contributed by atoms with Crippen molar-refractivity contribution >= 4 is 27.1 Å². The van der Waals surface area contributed by atoms with E-state index in [4.69, 9.17) is 0 Å². The van der Waals surface area contributed by atoms with Crippen LogP contribution in [0.3, 0.4) is 0 Å². The Morgan fingerprint density at radius 2 is 1.88 bits per heavy atom. The number of nitrogens with one attached hydrogen (secondary N) is 1. The van der Waals surface area contributed by atoms with Crippen LogP contribution >= 0.6 is 0 Å². The van der Waals surface area contributed by atoms with Crippen LogP contribution in [-0.2, 0) is 9.84 Å². The summed E-state index contributed by atoms with van der Waals surface area (Å²) in [4.78, 5) is 18.6. The van der Waals surface area contributed by atoms with E-state index in [2.05, 4.69) is 10.3 Å². The second-order valence-corrected chi connectivity index (χ2v) is 9.13. The highest BCUT2D eigenvalue weighted by molar-refractivity contribution is 7.91. The minimum Gasteiger partial charge on any atom is -0.370 e. The Morgan fingerprint density at radius 3 is 2.50 bits per heavy atom. The van der Waals surface area contributed by atoms with Gasteiger partial charge in [-0.1, -0.05) is 6.07 Å². The second-order valence-electron chi connectivity index (χ2n) is 6.90. The van der Waals surface area contributed by atoms with Crippen LogP contribution in [0.2, 0.25) is 0 Å². The van der Waals surface area contributed by atoms with E-state index >= 15 is 0 Å². The maximum Gasteiger partial charge on any atom is 0.274 e. The van der Waals surface area contributed by atoms with E-state index in [0.717, 1.165) is 22.5 Å². The maximum atomic E-state index is 12.5. The fraction of sp³-hybridized carbons (Fsp3) is 0.368. The predicted octanol–water partition coefficient (Wildman–Crippen LogP) is 2.57. The van der Waals surface area contributed by atoms with E-state index in [9.17, 15) is 13.2 Å². The van der Waals surface area contributed by atoms with E-state index in [1.807, 2.05) is 44.0 Å². The van der Waals surface area contributed by atoms with Crippen molar-refractivity contribution in [2.24, 2.45) is 0 Å². The molecule has 1 aromatic heterocycles. The van der Waals surface area contributed by atoms with Crippen LogP contribution in [0.5, 0.6) is 0 Å². The van der Waals surface area contributed by atoms with Gasteiger partial charge < -0.3 is 10.2 Å². The number of nitrogens with zero attached hydrogens (tertiary/aromatic N) is 2. The fourth-order valence-electron chi connectivity index (χ4n) is 3.30. The van der Waals surface area contributed by atoms with Gasteiger partial charge in [-0.3, -0.25) is 9.78 Å². The molecule has 1 unspecified atom stereocenters. The average Bonchev–Trinajstić information content (AvgIpc) is 2.93. The zero-order chi connectivity index (χ0) is 18.9. The van der Waals surface area contributed by atoms with Crippen LogP contribution in [0, 0.1) is 13.8 Å². The summed E-state index contributed by atoms with van der Waals surface area (Å²) in [5, 5.41) is 2.87. The Bertz CT molecular complexity index is 921. The SMILES string of the molecule is Cc1cc(C)cc(NC(=O)c2cc(N(C)C3CCS(=O)(=O)C3)ccn2)c1. The number of pyridine rings is 1. The van der Waals surface area contributed by atoms with E-state index in [1.165, 1.54) is 0 Å². The van der Waals surface area contributed by atoms with Crippen LogP contribution in [0.1, 0.15) is 28.0 Å². The number of anilines is 2. The van der Waals surface area contributed by atoms with Gasteiger partial charge in [0.2, 0.25) is 0 Å². The number of carbonyl (C=O) groups is 1. The van der Waals surface area contributed by atoms with Crippen molar-refractivity contribution in [3.05, 3.63) is 53.3 Å². The molecule has 6 nitrogen and oxygen atoms in total. The van der Waals surface area contributed by atoms with E-state index in [0.29, 0.717) is 12.1 Å². The molecular formula is C19H23N3O3S. The zero-order valence-electron chi connectivity index (χ0n) is 15.2. The molecule has 2 aromatic rings. The molecule has 0 radical (unpaired) electrons. The van der Waals surface area contributed by atoms with Gasteiger partial charge in [0, 0.05) is 30.7 Å². The third-order valence-electron chi connectivity index (χ3n) is 4.62. The predicted molar refractivity (Wildman–Crippen MR) is 104 cm³/mol. The molecule has 1 aliphatic rings. The van der Waals surface area contributed by atoms with Crippen molar-refractivity contribution in [3.8, 4) is 0 Å². The van der Waals surface area contributed by atoms with Crippen LogP contribution in [-0.4, -0.2) is 43.9 Å². The van der Waals surface area contributed by atoms with Gasteiger partial charge in [-0.25, -0.2) is 8.42 Å². The molecule has 1 aromatic carbocycles. The normalized spacial score (nSPS) is 18.5. The summed E-state index contributed by atoms with van der Waals surface area (Å²) in [6, 6.07) is 9.27. The quantitative estimate of drug-likeness (QED) is 0.891. The summed E-state index contributed by atoms with van der Waals surface area (Å²) in [7, 11) is -1.11. The van der Waals surface area contributed by atoms with Crippen molar-refractivity contribution in [1.82, 2.24) is 4.98 Å². The average molecular weight is 373 g/mol. The topological polar surface area (TPSA) is 79.4 Å². The fourth-order valence-corrected chi connectivity index (χ4v) is 5.07. The van der Waals surface area contributed by atoms with Gasteiger partial charge in [-0.05, 0) is 55.7 Å². The van der Waals surface area contributed by atoms with Crippen molar-refractivity contribution in [3.63, 3.8) is 0 Å². The Morgan fingerprint density at radius 1 is 1.19 bits per heavy atom. The van der Waals surface area contributed by atoms with E-state index in [1.54, 1.807) is 18.3 Å². The van der Waals surface area contributed by atoms with Crippen LogP contribution in [0.15, 0.2) is 36.5 Å². The molecule has 2 heterocycles. The summed E-state index contributed by atoms with van der Waals surface area (Å²) in [5.74, 6) is 0.0765. The molecule has 0 saturated carbocycles. The molecule has 7 heteroatoms. The van der Waals surface area contributed by atoms with E-state index in [-0.39, 0.29) is 23.5 Å². The van der Waals surface area contributed by atoms with Crippen LogP contribution in [0.25, 0.3) is 0 Å². The minimum absolute atomic E-state index is 0.0715. The second kappa shape index (κ2) is 7.07. The first-order valence-electron chi connectivity index (χ1n) is 8.52. The molecule has 1 amide bonds. The Hall–Kier alpha value is -2.41. The number of hydrogen-bond donors (Lipinski definition) is 1. The third-order valence-corrected chi connectivity index (χ3v) is 6.37. The lowest BCUT2D eigenvalue weighted by Crippen LogP contribution is -2.32. The van der Waals surface area contributed by atoms with Crippen LogP contribution in [0.4, 0.5) is 11.4 Å². The standard InChI is InChI=1S/C19H23N3O3S/c1-13-8-14(2)10-15(9-13)21-19(23)18-11-16(4-6-20-18)22(3)17-5-7-26(24,25)12-17/h4,6,8-11,17H,5,7,12H2,1-3H3,(H,21,23). The molecule has 1 aliphatic heterocycles. The lowest BCUT2D eigenvalue weighted by molar-refractivity contribution is 0.102. The molecule has 3 rings (SSSR count). The molecule has 1 saturated heterocycles. The number of amides is 1. The molecular weight excluding hydrogens is 350 g/mol. The highest BCUT2D eigenvalue weighted by Gasteiger charge is 2.31. The van der Waals surface area contributed by atoms with Gasteiger partial charge in [0.25, 0.3) is 5.91 Å². The maximum absolute atomic E-state index is 12.5. The van der Waals surface area contributed by atoms with Crippen molar-refractivity contribution in [2.45, 2.75) is 26.3 Å². The molecule has 0 spiro atoms. The highest BCUT2D eigenvalue weighted by Crippen LogP contribution is 2.23. The first-order valence-corrected chi connectivity index (χ1v) is 10.3. The first kappa shape index (κ1) is 18.4. The molecule has 1 N–H and O–H groups in total. The zero-order valence-corrected chi connectivity index (χ0v) is 16.0. The molecule has 1 atom stereocenters. The van der Waals surface area contributed by atoms with Crippen LogP contribution < -0.4 is 10.2 Å². The summed E-state index contributed by atoms with van der Waals surface area (Å²) >= 11 is 0. The monoisotopic (exact) mass is 373 g/mol. The van der Waals surface area contributed by atoms with Gasteiger partial charge in [-0.2, -0.15) is 0 Å². The number of hydrogen-bond acceptors (Lipinski definition) is 5. The lowest BCUT2D eigenvalue weighted by Gasteiger charge is -2.25. The van der Waals surface area contributed by atoms with E-state index < -0.39 is 9.84 Å². The molecule has 1 fully saturated rings. The lowest BCUT2D eigenvalue weighted by atomic mass is 10.1. The van der Waals surface area contributed by atoms with Gasteiger partial charge in [0.05, 0.1) is 11.5 Å². The number of rotatable bonds is 4. The molecule has 138 valence electrons. The summed E-state index contributed by atoms with van der Waals surface area (Å²) < 4.78 is 23.4. The Balaban J connectivity index is 1.77. The smallest absolute Gasteiger partial charge is 0.274 e. The van der Waals surface area contributed by atoms with Crippen molar-refractivity contribution in [1.29, 1.82) is 0 Å². The number of sulfone groups is 1. The summed E-state index contributed by atoms with van der Waals surface area (Å²) in [6.07, 6.45) is 2.18. The highest BCUT2D eigenvalue weighted by atomic mass is 32.2. The number of aryl methyl sites for hydroxylation is 2. The Labute approximate surface area is 154 Å². The van der Waals surface area contributed by atoms with Gasteiger partial charge in [-0.15, -0.1) is 0 Å². The van der Waals surface area contributed by atoms with Crippen molar-refractivity contribution in [2.75, 3.05) is 28.8 Å². The first-order chi connectivity index (χ1) is 12.2. The summed E-state index contributed by atoms with van der Waals surface area (Å²) in [6.45, 7) is 3.96. The number of carbonyl (C=O) groups excluding carboxylic acids is 1. The Kier molecular flexibility index (Phi) is 5.00. The largest absolute Gasteiger partial charge is 0.370 e.